The molecule has 0 aromatic carbocycles. The second kappa shape index (κ2) is 4.12. The highest BCUT2D eigenvalue weighted by atomic mass is 79.9. The summed E-state index contributed by atoms with van der Waals surface area (Å²) in [6, 6.07) is 0.506. The SMILES string of the molecule is CC1CC1Nc1cnn(CC2CC2)c(=O)c1Br. The zero-order valence-corrected chi connectivity index (χ0v) is 11.4. The molecule has 2 aliphatic rings. The molecule has 2 atom stereocenters. The second-order valence-electron chi connectivity index (χ2n) is 5.27. The van der Waals surface area contributed by atoms with Gasteiger partial charge in [0, 0.05) is 12.6 Å². The molecule has 2 fully saturated rings. The maximum Gasteiger partial charge on any atom is 0.283 e. The highest BCUT2D eigenvalue weighted by Gasteiger charge is 2.33. The fourth-order valence-electron chi connectivity index (χ4n) is 1.96. The predicted molar refractivity (Wildman–Crippen MR) is 70.1 cm³/mol. The van der Waals surface area contributed by atoms with Crippen LogP contribution in [-0.2, 0) is 6.54 Å². The molecule has 0 bridgehead atoms. The van der Waals surface area contributed by atoms with Gasteiger partial charge in [-0.2, -0.15) is 5.10 Å². The highest BCUT2D eigenvalue weighted by Crippen LogP contribution is 2.34. The molecule has 0 aliphatic heterocycles. The van der Waals surface area contributed by atoms with Gasteiger partial charge in [-0.25, -0.2) is 4.68 Å². The minimum absolute atomic E-state index is 0.0183. The first kappa shape index (κ1) is 11.3. The van der Waals surface area contributed by atoms with Crippen molar-refractivity contribution < 1.29 is 0 Å². The van der Waals surface area contributed by atoms with Crippen LogP contribution >= 0.6 is 15.9 Å². The molecule has 4 nitrogen and oxygen atoms in total. The Labute approximate surface area is 109 Å². The van der Waals surface area contributed by atoms with E-state index >= 15 is 0 Å². The van der Waals surface area contributed by atoms with Crippen molar-refractivity contribution in [2.45, 2.75) is 38.8 Å². The van der Waals surface area contributed by atoms with Crippen LogP contribution in [0.5, 0.6) is 0 Å². The number of hydrogen-bond donors (Lipinski definition) is 1. The Balaban J connectivity index is 1.80. The summed E-state index contributed by atoms with van der Waals surface area (Å²) in [5.74, 6) is 1.37. The lowest BCUT2D eigenvalue weighted by molar-refractivity contribution is 0.532. The monoisotopic (exact) mass is 297 g/mol. The summed E-state index contributed by atoms with van der Waals surface area (Å²) >= 11 is 3.38. The molecule has 2 saturated carbocycles. The molecule has 2 aliphatic carbocycles. The summed E-state index contributed by atoms with van der Waals surface area (Å²) in [6.07, 6.45) is 5.40. The molecule has 0 saturated heterocycles. The van der Waals surface area contributed by atoms with Crippen molar-refractivity contribution in [3.8, 4) is 0 Å². The number of nitrogens with one attached hydrogen (secondary N) is 1. The standard InChI is InChI=1S/C12H16BrN3O/c1-7-4-9(7)15-10-5-14-16(6-8-2-3-8)12(17)11(10)13/h5,7-9,15H,2-4,6H2,1H3. The van der Waals surface area contributed by atoms with Gasteiger partial charge in [-0.15, -0.1) is 0 Å². The quantitative estimate of drug-likeness (QED) is 0.927. The number of hydrogen-bond acceptors (Lipinski definition) is 3. The minimum Gasteiger partial charge on any atom is -0.380 e. The topological polar surface area (TPSA) is 46.9 Å². The van der Waals surface area contributed by atoms with Crippen molar-refractivity contribution in [1.29, 1.82) is 0 Å². The Kier molecular flexibility index (Phi) is 2.73. The summed E-state index contributed by atoms with van der Waals surface area (Å²) in [4.78, 5) is 12.0. The average Bonchev–Trinajstić information content (AvgIpc) is 3.19. The van der Waals surface area contributed by atoms with E-state index in [1.165, 1.54) is 19.3 Å². The molecular formula is C12H16BrN3O. The summed E-state index contributed by atoms with van der Waals surface area (Å²) in [5, 5.41) is 7.58. The average molecular weight is 298 g/mol. The van der Waals surface area contributed by atoms with E-state index in [-0.39, 0.29) is 5.56 Å². The molecule has 0 spiro atoms. The van der Waals surface area contributed by atoms with Crippen molar-refractivity contribution in [2.24, 2.45) is 11.8 Å². The largest absolute Gasteiger partial charge is 0.380 e. The minimum atomic E-state index is -0.0183. The second-order valence-corrected chi connectivity index (χ2v) is 6.06. The van der Waals surface area contributed by atoms with Crippen LogP contribution in [0.25, 0.3) is 0 Å². The third-order valence-corrected chi connectivity index (χ3v) is 4.33. The fourth-order valence-corrected chi connectivity index (χ4v) is 2.39. The highest BCUT2D eigenvalue weighted by molar-refractivity contribution is 9.10. The van der Waals surface area contributed by atoms with Gasteiger partial charge in [-0.3, -0.25) is 4.79 Å². The Hall–Kier alpha value is -0.840. The molecule has 3 rings (SSSR count). The van der Waals surface area contributed by atoms with Crippen LogP contribution in [0.1, 0.15) is 26.2 Å². The first-order valence-corrected chi connectivity index (χ1v) is 6.96. The lowest BCUT2D eigenvalue weighted by Crippen LogP contribution is -2.25. The fraction of sp³-hybridized carbons (Fsp3) is 0.667. The van der Waals surface area contributed by atoms with Gasteiger partial charge in [0.1, 0.15) is 4.47 Å². The van der Waals surface area contributed by atoms with Crippen molar-refractivity contribution in [1.82, 2.24) is 9.78 Å². The van der Waals surface area contributed by atoms with E-state index in [0.29, 0.717) is 22.4 Å². The number of anilines is 1. The molecule has 17 heavy (non-hydrogen) atoms. The molecule has 0 radical (unpaired) electrons. The maximum atomic E-state index is 12.0. The molecule has 92 valence electrons. The van der Waals surface area contributed by atoms with Crippen molar-refractivity contribution >= 4 is 21.6 Å². The molecule has 1 aromatic rings. The summed E-state index contributed by atoms with van der Waals surface area (Å²) in [6.45, 7) is 2.96. The van der Waals surface area contributed by atoms with Crippen LogP contribution in [0, 0.1) is 11.8 Å². The lowest BCUT2D eigenvalue weighted by atomic mass is 10.4. The van der Waals surface area contributed by atoms with E-state index in [1.54, 1.807) is 10.9 Å². The van der Waals surface area contributed by atoms with Gasteiger partial charge in [-0.1, -0.05) is 6.92 Å². The van der Waals surface area contributed by atoms with Crippen LogP contribution in [0.2, 0.25) is 0 Å². The van der Waals surface area contributed by atoms with Crippen LogP contribution in [0.4, 0.5) is 5.69 Å². The van der Waals surface area contributed by atoms with Crippen molar-refractivity contribution in [3.63, 3.8) is 0 Å². The van der Waals surface area contributed by atoms with Crippen LogP contribution in [0.3, 0.4) is 0 Å². The Morgan fingerprint density at radius 2 is 2.29 bits per heavy atom. The van der Waals surface area contributed by atoms with E-state index in [1.807, 2.05) is 0 Å². The molecule has 1 aromatic heterocycles. The van der Waals surface area contributed by atoms with Gasteiger partial charge in [-0.05, 0) is 47.0 Å². The normalized spacial score (nSPS) is 26.9. The van der Waals surface area contributed by atoms with E-state index in [4.69, 9.17) is 0 Å². The summed E-state index contributed by atoms with van der Waals surface area (Å²) in [7, 11) is 0. The van der Waals surface area contributed by atoms with Crippen LogP contribution < -0.4 is 10.9 Å². The number of rotatable bonds is 4. The smallest absolute Gasteiger partial charge is 0.283 e. The lowest BCUT2D eigenvalue weighted by Gasteiger charge is -2.09. The third-order valence-electron chi connectivity index (χ3n) is 3.56. The predicted octanol–water partition coefficient (Wildman–Crippen LogP) is 2.24. The van der Waals surface area contributed by atoms with Gasteiger partial charge < -0.3 is 5.32 Å². The summed E-state index contributed by atoms with van der Waals surface area (Å²) in [5.41, 5.74) is 0.812. The van der Waals surface area contributed by atoms with Gasteiger partial charge >= 0.3 is 0 Å². The zero-order chi connectivity index (χ0) is 12.0. The van der Waals surface area contributed by atoms with Crippen LogP contribution in [-0.4, -0.2) is 15.8 Å². The summed E-state index contributed by atoms with van der Waals surface area (Å²) < 4.78 is 2.19. The van der Waals surface area contributed by atoms with Crippen molar-refractivity contribution in [2.75, 3.05) is 5.32 Å². The van der Waals surface area contributed by atoms with E-state index < -0.39 is 0 Å². The third kappa shape index (κ3) is 2.39. The van der Waals surface area contributed by atoms with Gasteiger partial charge in [0.2, 0.25) is 0 Å². The molecular weight excluding hydrogens is 282 g/mol. The molecule has 5 heteroatoms. The van der Waals surface area contributed by atoms with Gasteiger partial charge in [0.15, 0.2) is 0 Å². The van der Waals surface area contributed by atoms with Gasteiger partial charge in [0.25, 0.3) is 5.56 Å². The number of aromatic nitrogens is 2. The van der Waals surface area contributed by atoms with E-state index in [9.17, 15) is 4.79 Å². The van der Waals surface area contributed by atoms with Crippen molar-refractivity contribution in [3.05, 3.63) is 21.0 Å². The van der Waals surface area contributed by atoms with E-state index in [2.05, 4.69) is 33.3 Å². The Morgan fingerprint density at radius 1 is 1.59 bits per heavy atom. The number of halogens is 1. The molecule has 1 N–H and O–H groups in total. The maximum absolute atomic E-state index is 12.0. The van der Waals surface area contributed by atoms with Gasteiger partial charge in [0.05, 0.1) is 11.9 Å². The van der Waals surface area contributed by atoms with Crippen LogP contribution in [0.15, 0.2) is 15.5 Å². The Bertz CT molecular complexity index is 495. The first-order chi connectivity index (χ1) is 8.15. The molecule has 2 unspecified atom stereocenters. The van der Waals surface area contributed by atoms with E-state index in [0.717, 1.165) is 12.2 Å². The first-order valence-electron chi connectivity index (χ1n) is 6.17. The molecule has 1 heterocycles. The Morgan fingerprint density at radius 3 is 2.88 bits per heavy atom. The number of nitrogens with zero attached hydrogens (tertiary/aromatic N) is 2. The zero-order valence-electron chi connectivity index (χ0n) is 9.82. The molecule has 0 amide bonds.